The van der Waals surface area contributed by atoms with Crippen molar-refractivity contribution in [3.8, 4) is 11.8 Å². The summed E-state index contributed by atoms with van der Waals surface area (Å²) in [6.45, 7) is 7.62. The highest BCUT2D eigenvalue weighted by molar-refractivity contribution is 7.89. The number of ether oxygens (including phenoxy) is 2. The molecule has 0 unspecified atom stereocenters. The molecule has 10 heteroatoms. The molecule has 0 atom stereocenters. The molecule has 2 saturated heterocycles. The van der Waals surface area contributed by atoms with Gasteiger partial charge in [-0.3, -0.25) is 9.69 Å². The monoisotopic (exact) mass is 506 g/mol. The fourth-order valence-corrected chi connectivity index (χ4v) is 6.73. The number of methoxy groups -OCH3 is 1. The summed E-state index contributed by atoms with van der Waals surface area (Å²) in [5.41, 5.74) is 1.55. The third-order valence-corrected chi connectivity index (χ3v) is 9.66. The van der Waals surface area contributed by atoms with Crippen LogP contribution in [-0.2, 0) is 19.6 Å². The summed E-state index contributed by atoms with van der Waals surface area (Å²) >= 11 is 0. The molecule has 0 saturated carbocycles. The quantitative estimate of drug-likeness (QED) is 0.374. The summed E-state index contributed by atoms with van der Waals surface area (Å²) in [6.07, 6.45) is 4.14. The van der Waals surface area contributed by atoms with Crippen LogP contribution in [-0.4, -0.2) is 95.1 Å². The van der Waals surface area contributed by atoms with E-state index >= 15 is 0 Å². The third-order valence-electron chi connectivity index (χ3n) is 7.50. The zero-order valence-corrected chi connectivity index (χ0v) is 22.2. The molecule has 2 fully saturated rings. The molecule has 1 aromatic rings. The number of sulfonamides is 1. The van der Waals surface area contributed by atoms with Crippen LogP contribution in [0.1, 0.15) is 36.8 Å². The van der Waals surface area contributed by atoms with Gasteiger partial charge in [0.1, 0.15) is 12.4 Å². The van der Waals surface area contributed by atoms with Crippen LogP contribution in [0, 0.1) is 30.6 Å². The number of piperidine rings is 2. The van der Waals surface area contributed by atoms with Crippen LogP contribution in [0.5, 0.6) is 5.75 Å². The van der Waals surface area contributed by atoms with Crippen LogP contribution in [0.25, 0.3) is 0 Å². The summed E-state index contributed by atoms with van der Waals surface area (Å²) in [7, 11) is -0.614. The van der Waals surface area contributed by atoms with Gasteiger partial charge in [0, 0.05) is 26.7 Å². The lowest BCUT2D eigenvalue weighted by molar-refractivity contribution is -0.139. The van der Waals surface area contributed by atoms with E-state index < -0.39 is 10.0 Å². The summed E-state index contributed by atoms with van der Waals surface area (Å²) in [4.78, 5) is 17.0. The number of nitrogens with zero attached hydrogens (tertiary/aromatic N) is 4. The lowest BCUT2D eigenvalue weighted by atomic mass is 9.71. The van der Waals surface area contributed by atoms with Crippen molar-refractivity contribution in [2.75, 3.05) is 66.6 Å². The molecule has 1 aromatic carbocycles. The zero-order valence-electron chi connectivity index (χ0n) is 21.4. The van der Waals surface area contributed by atoms with E-state index in [1.807, 2.05) is 4.90 Å². The summed E-state index contributed by atoms with van der Waals surface area (Å²) in [5.74, 6) is 0.575. The van der Waals surface area contributed by atoms with Crippen LogP contribution in [0.3, 0.4) is 0 Å². The van der Waals surface area contributed by atoms with E-state index in [0.717, 1.165) is 51.9 Å². The Labute approximate surface area is 209 Å². The van der Waals surface area contributed by atoms with E-state index in [1.54, 1.807) is 33.1 Å². The first kappa shape index (κ1) is 27.4. The van der Waals surface area contributed by atoms with Gasteiger partial charge >= 0.3 is 0 Å². The van der Waals surface area contributed by atoms with Gasteiger partial charge in [0.15, 0.2) is 0 Å². The second-order valence-corrected chi connectivity index (χ2v) is 11.8. The number of likely N-dealkylation sites (tertiary alicyclic amines) is 2. The number of carbonyl (C=O) groups is 1. The molecule has 1 spiro atoms. The Morgan fingerprint density at radius 2 is 1.69 bits per heavy atom. The predicted octanol–water partition coefficient (Wildman–Crippen LogP) is 2.18. The van der Waals surface area contributed by atoms with Crippen molar-refractivity contribution in [3.63, 3.8) is 0 Å². The molecule has 0 aromatic heterocycles. The van der Waals surface area contributed by atoms with Gasteiger partial charge < -0.3 is 14.4 Å². The van der Waals surface area contributed by atoms with Crippen LogP contribution in [0.4, 0.5) is 0 Å². The SMILES string of the molecule is COc1cc(C)c(S(=O)(=O)N(C)CCOCC(=O)N2CCC3(CCN(CC#N)CC3)CC2)c(C)c1. The highest BCUT2D eigenvalue weighted by atomic mass is 32.2. The smallest absolute Gasteiger partial charge is 0.248 e. The zero-order chi connectivity index (χ0) is 25.6. The van der Waals surface area contributed by atoms with Crippen LogP contribution in [0.2, 0.25) is 0 Å². The Balaban J connectivity index is 1.43. The number of amides is 1. The minimum absolute atomic E-state index is 0.0442. The molecule has 1 amide bonds. The van der Waals surface area contributed by atoms with Gasteiger partial charge in [-0.25, -0.2) is 8.42 Å². The normalized spacial score (nSPS) is 18.6. The molecule has 35 heavy (non-hydrogen) atoms. The number of hydrogen-bond acceptors (Lipinski definition) is 7. The summed E-state index contributed by atoms with van der Waals surface area (Å²) in [6, 6.07) is 5.64. The lowest BCUT2D eigenvalue weighted by Gasteiger charge is -2.46. The van der Waals surface area contributed by atoms with Crippen molar-refractivity contribution in [3.05, 3.63) is 23.3 Å². The van der Waals surface area contributed by atoms with Gasteiger partial charge in [-0.2, -0.15) is 9.57 Å². The summed E-state index contributed by atoms with van der Waals surface area (Å²) < 4.78 is 38.2. The molecule has 9 nitrogen and oxygen atoms in total. The maximum Gasteiger partial charge on any atom is 0.248 e. The van der Waals surface area contributed by atoms with Crippen molar-refractivity contribution in [1.82, 2.24) is 14.1 Å². The van der Waals surface area contributed by atoms with Gasteiger partial charge in [0.2, 0.25) is 15.9 Å². The Kier molecular flexibility index (Phi) is 9.16. The minimum atomic E-state index is -3.69. The molecule has 3 rings (SSSR count). The summed E-state index contributed by atoms with van der Waals surface area (Å²) in [5, 5.41) is 8.88. The Bertz CT molecular complexity index is 1010. The average molecular weight is 507 g/mol. The topological polar surface area (TPSA) is 103 Å². The number of likely N-dealkylation sites (N-methyl/N-ethyl adjacent to an activating group) is 1. The fourth-order valence-electron chi connectivity index (χ4n) is 5.17. The standard InChI is InChI=1S/C25H38N4O5S/c1-20-17-22(33-4)18-21(2)24(20)35(31,32)27(3)15-16-34-19-23(30)29-12-7-25(8-13-29)5-10-28(11-6-25)14-9-26/h17-18H,5-8,10-16,19H2,1-4H3. The van der Waals surface area contributed by atoms with E-state index in [0.29, 0.717) is 28.8 Å². The lowest BCUT2D eigenvalue weighted by Crippen LogP contribution is -2.49. The maximum absolute atomic E-state index is 13.1. The molecular weight excluding hydrogens is 468 g/mol. The number of rotatable bonds is 9. The third kappa shape index (κ3) is 6.53. The van der Waals surface area contributed by atoms with E-state index in [9.17, 15) is 13.2 Å². The molecule has 0 radical (unpaired) electrons. The molecule has 194 valence electrons. The molecule has 2 aliphatic heterocycles. The van der Waals surface area contributed by atoms with Gasteiger partial charge in [-0.1, -0.05) is 0 Å². The second kappa shape index (κ2) is 11.7. The molecule has 0 N–H and O–H groups in total. The van der Waals surface area contributed by atoms with Gasteiger partial charge in [-0.05, 0) is 81.3 Å². The van der Waals surface area contributed by atoms with Gasteiger partial charge in [0.05, 0.1) is 31.2 Å². The maximum atomic E-state index is 13.1. The average Bonchev–Trinajstić information content (AvgIpc) is 2.83. The Hall–Kier alpha value is -2.19. The van der Waals surface area contributed by atoms with E-state index in [2.05, 4.69) is 11.0 Å². The fraction of sp³-hybridized carbons (Fsp3) is 0.680. The van der Waals surface area contributed by atoms with Crippen LogP contribution < -0.4 is 4.74 Å². The second-order valence-electron chi connectivity index (χ2n) is 9.78. The van der Waals surface area contributed by atoms with Crippen molar-refractivity contribution >= 4 is 15.9 Å². The number of hydrogen-bond donors (Lipinski definition) is 0. The van der Waals surface area contributed by atoms with E-state index in [-0.39, 0.29) is 30.6 Å². The molecule has 0 aliphatic carbocycles. The van der Waals surface area contributed by atoms with Crippen molar-refractivity contribution in [2.24, 2.45) is 5.41 Å². The Morgan fingerprint density at radius 1 is 1.11 bits per heavy atom. The van der Waals surface area contributed by atoms with Crippen LogP contribution >= 0.6 is 0 Å². The molecular formula is C25H38N4O5S. The van der Waals surface area contributed by atoms with Crippen molar-refractivity contribution in [2.45, 2.75) is 44.4 Å². The number of carbonyl (C=O) groups excluding carboxylic acids is 1. The van der Waals surface area contributed by atoms with Gasteiger partial charge in [0.25, 0.3) is 0 Å². The number of nitriles is 1. The van der Waals surface area contributed by atoms with E-state index in [1.165, 1.54) is 11.4 Å². The first-order valence-corrected chi connectivity index (χ1v) is 13.6. The largest absolute Gasteiger partial charge is 0.497 e. The highest BCUT2D eigenvalue weighted by Crippen LogP contribution is 2.41. The first-order chi connectivity index (χ1) is 16.6. The molecule has 0 bridgehead atoms. The van der Waals surface area contributed by atoms with Crippen LogP contribution in [0.15, 0.2) is 17.0 Å². The predicted molar refractivity (Wildman–Crippen MR) is 133 cm³/mol. The van der Waals surface area contributed by atoms with Gasteiger partial charge in [-0.15, -0.1) is 0 Å². The Morgan fingerprint density at radius 3 is 2.23 bits per heavy atom. The van der Waals surface area contributed by atoms with E-state index in [4.69, 9.17) is 14.7 Å². The number of aryl methyl sites for hydroxylation is 2. The first-order valence-electron chi connectivity index (χ1n) is 12.2. The number of benzene rings is 1. The molecule has 2 aliphatic rings. The highest BCUT2D eigenvalue weighted by Gasteiger charge is 2.38. The van der Waals surface area contributed by atoms with Crippen molar-refractivity contribution in [1.29, 1.82) is 5.26 Å². The van der Waals surface area contributed by atoms with Crippen molar-refractivity contribution < 1.29 is 22.7 Å². The molecule has 2 heterocycles. The minimum Gasteiger partial charge on any atom is -0.497 e.